The van der Waals surface area contributed by atoms with E-state index in [0.29, 0.717) is 18.6 Å². The molecule has 1 aliphatic carbocycles. The zero-order valence-electron chi connectivity index (χ0n) is 12.9. The lowest BCUT2D eigenvalue weighted by molar-refractivity contribution is -0.393. The van der Waals surface area contributed by atoms with Gasteiger partial charge in [0.15, 0.2) is 0 Å². The number of nitrogens with one attached hydrogen (secondary N) is 1. The van der Waals surface area contributed by atoms with Gasteiger partial charge in [-0.2, -0.15) is 5.10 Å². The third kappa shape index (κ3) is 3.83. The summed E-state index contributed by atoms with van der Waals surface area (Å²) in [6, 6.07) is 3.22. The van der Waals surface area contributed by atoms with Crippen molar-refractivity contribution in [3.8, 4) is 0 Å². The number of non-ortho nitro benzene ring substituents is 1. The fraction of sp³-hybridized carbons (Fsp3) is 0.429. The normalized spacial score (nSPS) is 18.4. The summed E-state index contributed by atoms with van der Waals surface area (Å²) in [6.45, 7) is 1.98. The number of carbonyl (C=O) groups is 1. The van der Waals surface area contributed by atoms with E-state index in [-0.39, 0.29) is 24.0 Å². The molecule has 0 unspecified atom stereocenters. The summed E-state index contributed by atoms with van der Waals surface area (Å²) < 4.78 is 4.98. The fourth-order valence-electron chi connectivity index (χ4n) is 2.47. The predicted molar refractivity (Wildman–Crippen MR) is 84.8 cm³/mol. The molecular formula is C14H16N4O6. The third-order valence-electron chi connectivity index (χ3n) is 3.61. The molecule has 0 aromatic heterocycles. The van der Waals surface area contributed by atoms with Gasteiger partial charge in [0.1, 0.15) is 5.69 Å². The average molecular weight is 336 g/mol. The van der Waals surface area contributed by atoms with Crippen LogP contribution >= 0.6 is 0 Å². The Balaban J connectivity index is 2.22. The molecular weight excluding hydrogens is 320 g/mol. The second kappa shape index (κ2) is 7.49. The molecule has 10 heteroatoms. The van der Waals surface area contributed by atoms with E-state index in [9.17, 15) is 25.0 Å². The number of esters is 1. The first-order chi connectivity index (χ1) is 11.4. The van der Waals surface area contributed by atoms with Crippen LogP contribution in [0.5, 0.6) is 0 Å². The van der Waals surface area contributed by atoms with Crippen LogP contribution in [0.1, 0.15) is 26.2 Å². The standard InChI is InChI=1S/C14H16N4O6/c1-2-24-14(19)10-4-3-5-11(10)15-16-12-7-6-9(17(20)21)8-13(12)18(22)23/h6-8,10,16H,2-5H2,1H3/t10-/m1/s1. The Labute approximate surface area is 136 Å². The van der Waals surface area contributed by atoms with Crippen LogP contribution in [0.15, 0.2) is 23.3 Å². The van der Waals surface area contributed by atoms with Crippen LogP contribution in [0.3, 0.4) is 0 Å². The monoisotopic (exact) mass is 336 g/mol. The highest BCUT2D eigenvalue weighted by molar-refractivity contribution is 6.03. The summed E-state index contributed by atoms with van der Waals surface area (Å²) in [5.41, 5.74) is 2.28. The van der Waals surface area contributed by atoms with Gasteiger partial charge in [-0.05, 0) is 32.3 Å². The molecule has 0 radical (unpaired) electrons. The highest BCUT2D eigenvalue weighted by Crippen LogP contribution is 2.30. The first-order valence-electron chi connectivity index (χ1n) is 7.36. The number of ether oxygens (including phenoxy) is 1. The van der Waals surface area contributed by atoms with Crippen LogP contribution in [0.25, 0.3) is 0 Å². The molecule has 1 N–H and O–H groups in total. The molecule has 0 aliphatic heterocycles. The van der Waals surface area contributed by atoms with Gasteiger partial charge < -0.3 is 4.74 Å². The fourth-order valence-corrected chi connectivity index (χ4v) is 2.47. The van der Waals surface area contributed by atoms with Gasteiger partial charge in [-0.1, -0.05) is 0 Å². The SMILES string of the molecule is CCOC(=O)[C@@H]1CCCC1=NNc1ccc([N+](=O)[O-])cc1[N+](=O)[O-]. The van der Waals surface area contributed by atoms with E-state index in [1.165, 1.54) is 6.07 Å². The van der Waals surface area contributed by atoms with Gasteiger partial charge in [-0.25, -0.2) is 0 Å². The molecule has 1 saturated carbocycles. The number of hydrogen-bond donors (Lipinski definition) is 1. The van der Waals surface area contributed by atoms with Crippen molar-refractivity contribution < 1.29 is 19.4 Å². The van der Waals surface area contributed by atoms with Gasteiger partial charge in [-0.3, -0.25) is 30.4 Å². The van der Waals surface area contributed by atoms with E-state index in [2.05, 4.69) is 10.5 Å². The molecule has 0 saturated heterocycles. The van der Waals surface area contributed by atoms with Crippen LogP contribution in [0, 0.1) is 26.1 Å². The molecule has 1 atom stereocenters. The maximum atomic E-state index is 11.8. The van der Waals surface area contributed by atoms with E-state index < -0.39 is 21.5 Å². The zero-order chi connectivity index (χ0) is 17.7. The first-order valence-corrected chi connectivity index (χ1v) is 7.36. The van der Waals surface area contributed by atoms with Crippen molar-refractivity contribution in [2.75, 3.05) is 12.0 Å². The topological polar surface area (TPSA) is 137 Å². The minimum absolute atomic E-state index is 0.0209. The number of nitrogens with zero attached hydrogens (tertiary/aromatic N) is 3. The minimum Gasteiger partial charge on any atom is -0.465 e. The van der Waals surface area contributed by atoms with Crippen molar-refractivity contribution in [2.45, 2.75) is 26.2 Å². The lowest BCUT2D eigenvalue weighted by atomic mass is 10.1. The maximum Gasteiger partial charge on any atom is 0.314 e. The molecule has 10 nitrogen and oxygen atoms in total. The second-order valence-electron chi connectivity index (χ2n) is 5.13. The first kappa shape index (κ1) is 17.3. The van der Waals surface area contributed by atoms with E-state index >= 15 is 0 Å². The summed E-state index contributed by atoms with van der Waals surface area (Å²) in [4.78, 5) is 32.2. The number of rotatable bonds is 6. The number of benzene rings is 1. The average Bonchev–Trinajstić information content (AvgIpc) is 3.01. The molecule has 128 valence electrons. The van der Waals surface area contributed by atoms with Crippen molar-refractivity contribution in [1.29, 1.82) is 0 Å². The van der Waals surface area contributed by atoms with Gasteiger partial charge in [-0.15, -0.1) is 0 Å². The number of anilines is 1. The van der Waals surface area contributed by atoms with Gasteiger partial charge in [0, 0.05) is 6.07 Å². The van der Waals surface area contributed by atoms with E-state index in [1.54, 1.807) is 6.92 Å². The molecule has 0 amide bonds. The zero-order valence-corrected chi connectivity index (χ0v) is 12.9. The molecule has 1 aromatic carbocycles. The predicted octanol–water partition coefficient (Wildman–Crippen LogP) is 2.63. The molecule has 0 spiro atoms. The molecule has 2 rings (SSSR count). The van der Waals surface area contributed by atoms with E-state index in [1.807, 2.05) is 0 Å². The summed E-state index contributed by atoms with van der Waals surface area (Å²) in [7, 11) is 0. The largest absolute Gasteiger partial charge is 0.465 e. The van der Waals surface area contributed by atoms with Gasteiger partial charge in [0.25, 0.3) is 5.69 Å². The Hall–Kier alpha value is -3.04. The van der Waals surface area contributed by atoms with Crippen LogP contribution in [0.4, 0.5) is 17.1 Å². The summed E-state index contributed by atoms with van der Waals surface area (Å²) in [5, 5.41) is 25.9. The summed E-state index contributed by atoms with van der Waals surface area (Å²) >= 11 is 0. The van der Waals surface area contributed by atoms with Gasteiger partial charge >= 0.3 is 11.7 Å². The summed E-state index contributed by atoms with van der Waals surface area (Å²) in [6.07, 6.45) is 1.96. The number of nitro benzene ring substituents is 2. The summed E-state index contributed by atoms with van der Waals surface area (Å²) in [5.74, 6) is -0.830. The van der Waals surface area contributed by atoms with Crippen LogP contribution in [-0.4, -0.2) is 28.1 Å². The van der Waals surface area contributed by atoms with Crippen molar-refractivity contribution >= 4 is 28.7 Å². The van der Waals surface area contributed by atoms with Gasteiger partial charge in [0.2, 0.25) is 0 Å². The number of nitro groups is 2. The molecule has 0 bridgehead atoms. The molecule has 1 fully saturated rings. The smallest absolute Gasteiger partial charge is 0.314 e. The Morgan fingerprint density at radius 1 is 1.38 bits per heavy atom. The second-order valence-corrected chi connectivity index (χ2v) is 5.13. The van der Waals surface area contributed by atoms with Crippen LogP contribution in [0.2, 0.25) is 0 Å². The van der Waals surface area contributed by atoms with Crippen LogP contribution < -0.4 is 5.43 Å². The maximum absolute atomic E-state index is 11.8. The van der Waals surface area contributed by atoms with Gasteiger partial charge in [0.05, 0.1) is 34.1 Å². The van der Waals surface area contributed by atoms with E-state index in [0.717, 1.165) is 18.6 Å². The molecule has 1 aromatic rings. The highest BCUT2D eigenvalue weighted by atomic mass is 16.6. The van der Waals surface area contributed by atoms with Crippen molar-refractivity contribution in [1.82, 2.24) is 0 Å². The quantitative estimate of drug-likeness (QED) is 0.479. The molecule has 0 heterocycles. The molecule has 24 heavy (non-hydrogen) atoms. The van der Waals surface area contributed by atoms with Crippen LogP contribution in [-0.2, 0) is 9.53 Å². The Kier molecular flexibility index (Phi) is 5.40. The van der Waals surface area contributed by atoms with Crippen molar-refractivity contribution in [3.05, 3.63) is 38.4 Å². The Morgan fingerprint density at radius 3 is 2.75 bits per heavy atom. The minimum atomic E-state index is -0.729. The number of hydrogen-bond acceptors (Lipinski definition) is 8. The lowest BCUT2D eigenvalue weighted by Gasteiger charge is -2.10. The number of hydrazone groups is 1. The van der Waals surface area contributed by atoms with Crippen molar-refractivity contribution in [3.63, 3.8) is 0 Å². The Bertz CT molecular complexity index is 703. The number of carbonyl (C=O) groups excluding carboxylic acids is 1. The third-order valence-corrected chi connectivity index (χ3v) is 3.61. The highest BCUT2D eigenvalue weighted by Gasteiger charge is 2.31. The Morgan fingerprint density at radius 2 is 2.12 bits per heavy atom. The van der Waals surface area contributed by atoms with E-state index in [4.69, 9.17) is 4.74 Å². The lowest BCUT2D eigenvalue weighted by Crippen LogP contribution is -2.22. The van der Waals surface area contributed by atoms with Crippen molar-refractivity contribution in [2.24, 2.45) is 11.0 Å². The molecule has 1 aliphatic rings.